The molecule has 0 saturated heterocycles. The number of nitrogens with zero attached hydrogens (tertiary/aromatic N) is 1. The van der Waals surface area contributed by atoms with Gasteiger partial charge in [-0.25, -0.2) is 0 Å². The number of nitrogens with one attached hydrogen (secondary N) is 2. The molecule has 2 aromatic rings. The number of hydrogen-bond acceptors (Lipinski definition) is 5. The van der Waals surface area contributed by atoms with Crippen LogP contribution in [0.2, 0.25) is 0 Å². The van der Waals surface area contributed by atoms with Crippen molar-refractivity contribution in [2.24, 2.45) is 5.92 Å². The van der Waals surface area contributed by atoms with Gasteiger partial charge < -0.3 is 14.5 Å². The number of hydrogen-bond donors (Lipinski definition) is 2. The van der Waals surface area contributed by atoms with Crippen LogP contribution in [0.1, 0.15) is 23.3 Å². The van der Waals surface area contributed by atoms with Crippen LogP contribution in [-0.2, 0) is 4.79 Å². The highest BCUT2D eigenvalue weighted by Crippen LogP contribution is 2.30. The highest BCUT2D eigenvalue weighted by Gasteiger charge is 2.30. The molecule has 1 fully saturated rings. The van der Waals surface area contributed by atoms with Crippen molar-refractivity contribution in [3.63, 3.8) is 0 Å². The maximum atomic E-state index is 12.1. The van der Waals surface area contributed by atoms with Gasteiger partial charge in [-0.1, -0.05) is 12.1 Å². The first-order valence-electron chi connectivity index (χ1n) is 6.88. The molecular weight excluding hydrogens is 286 g/mol. The zero-order valence-electron chi connectivity index (χ0n) is 12.0. The molecule has 0 unspecified atom stereocenters. The average molecular weight is 301 g/mol. The van der Waals surface area contributed by atoms with Crippen molar-refractivity contribution in [2.45, 2.75) is 12.8 Å². The Balaban J connectivity index is 1.67. The van der Waals surface area contributed by atoms with E-state index in [0.717, 1.165) is 12.8 Å². The third-order valence-corrected chi connectivity index (χ3v) is 3.27. The Kier molecular flexibility index (Phi) is 3.78. The van der Waals surface area contributed by atoms with Crippen LogP contribution in [0.25, 0.3) is 0 Å². The van der Waals surface area contributed by atoms with Crippen LogP contribution >= 0.6 is 0 Å². The van der Waals surface area contributed by atoms with Crippen LogP contribution in [0.3, 0.4) is 0 Å². The highest BCUT2D eigenvalue weighted by molar-refractivity contribution is 6.04. The summed E-state index contributed by atoms with van der Waals surface area (Å²) in [6, 6.07) is 7.06. The van der Waals surface area contributed by atoms with E-state index in [-0.39, 0.29) is 23.5 Å². The average Bonchev–Trinajstić information content (AvgIpc) is 3.28. The molecular formula is C15H15N3O4. The van der Waals surface area contributed by atoms with E-state index in [2.05, 4.69) is 15.6 Å². The minimum atomic E-state index is -0.444. The van der Waals surface area contributed by atoms with Gasteiger partial charge in [0.1, 0.15) is 12.0 Å². The summed E-state index contributed by atoms with van der Waals surface area (Å²) in [5.41, 5.74) is 0.610. The van der Waals surface area contributed by atoms with Gasteiger partial charge in [0.25, 0.3) is 5.91 Å². The molecule has 1 aliphatic rings. The molecule has 1 aliphatic carbocycles. The second-order valence-electron chi connectivity index (χ2n) is 4.96. The Bertz CT molecular complexity index is 706. The summed E-state index contributed by atoms with van der Waals surface area (Å²) in [6.07, 6.45) is 2.97. The second kappa shape index (κ2) is 5.88. The number of amides is 2. The third-order valence-electron chi connectivity index (χ3n) is 3.27. The molecule has 22 heavy (non-hydrogen) atoms. The van der Waals surface area contributed by atoms with E-state index in [9.17, 15) is 9.59 Å². The molecule has 2 N–H and O–H groups in total. The summed E-state index contributed by atoms with van der Waals surface area (Å²) in [6.45, 7) is 0. The maximum Gasteiger partial charge on any atom is 0.302 e. The van der Waals surface area contributed by atoms with Gasteiger partial charge in [-0.2, -0.15) is 4.98 Å². The lowest BCUT2D eigenvalue weighted by atomic mass is 10.3. The normalized spacial score (nSPS) is 13.5. The third kappa shape index (κ3) is 3.08. The Morgan fingerprint density at radius 3 is 2.77 bits per heavy atom. The Morgan fingerprint density at radius 1 is 1.27 bits per heavy atom. The first-order valence-corrected chi connectivity index (χ1v) is 6.88. The number of oxazole rings is 1. The van der Waals surface area contributed by atoms with Crippen molar-refractivity contribution in [1.29, 1.82) is 0 Å². The topological polar surface area (TPSA) is 93.5 Å². The van der Waals surface area contributed by atoms with Gasteiger partial charge in [0, 0.05) is 5.92 Å². The zero-order valence-corrected chi connectivity index (χ0v) is 12.0. The van der Waals surface area contributed by atoms with Crippen LogP contribution in [0, 0.1) is 5.92 Å². The van der Waals surface area contributed by atoms with Crippen LogP contribution in [0.15, 0.2) is 34.9 Å². The Hall–Kier alpha value is -2.83. The second-order valence-corrected chi connectivity index (χ2v) is 4.96. The highest BCUT2D eigenvalue weighted by atomic mass is 16.5. The predicted molar refractivity (Wildman–Crippen MR) is 78.8 cm³/mol. The van der Waals surface area contributed by atoms with Crippen molar-refractivity contribution >= 4 is 23.5 Å². The molecule has 7 heteroatoms. The molecule has 1 aromatic carbocycles. The van der Waals surface area contributed by atoms with Crippen molar-refractivity contribution in [3.8, 4) is 5.75 Å². The molecule has 0 bridgehead atoms. The fraction of sp³-hybridized carbons (Fsp3) is 0.267. The molecule has 1 heterocycles. The Labute approximate surface area is 126 Å². The predicted octanol–water partition coefficient (Wildman–Crippen LogP) is 2.28. The molecule has 3 rings (SSSR count). The van der Waals surface area contributed by atoms with Crippen LogP contribution in [0.5, 0.6) is 5.75 Å². The number of aromatic nitrogens is 1. The molecule has 114 valence electrons. The summed E-state index contributed by atoms with van der Waals surface area (Å²) in [4.78, 5) is 27.7. The summed E-state index contributed by atoms with van der Waals surface area (Å²) in [5.74, 6) is 0.0121. The number of benzene rings is 1. The summed E-state index contributed by atoms with van der Waals surface area (Å²) in [7, 11) is 1.52. The smallest absolute Gasteiger partial charge is 0.302 e. The standard InChI is InChI=1S/C15H15N3O4/c1-21-12-5-3-2-4-10(12)16-14(20)11-8-22-15(17-11)18-13(19)9-6-7-9/h2-5,8-9H,6-7H2,1H3,(H,16,20)(H,17,18,19). The number of para-hydroxylation sites is 2. The molecule has 1 aromatic heterocycles. The molecule has 0 radical (unpaired) electrons. The van der Waals surface area contributed by atoms with E-state index in [1.54, 1.807) is 24.3 Å². The van der Waals surface area contributed by atoms with E-state index < -0.39 is 5.91 Å². The largest absolute Gasteiger partial charge is 0.495 e. The number of carbonyl (C=O) groups excluding carboxylic acids is 2. The summed E-state index contributed by atoms with van der Waals surface area (Å²) >= 11 is 0. The van der Waals surface area contributed by atoms with Crippen LogP contribution in [-0.4, -0.2) is 23.9 Å². The van der Waals surface area contributed by atoms with Crippen LogP contribution < -0.4 is 15.4 Å². The molecule has 0 atom stereocenters. The Morgan fingerprint density at radius 2 is 2.05 bits per heavy atom. The van der Waals surface area contributed by atoms with E-state index in [1.165, 1.54) is 13.4 Å². The van der Waals surface area contributed by atoms with Gasteiger partial charge in [-0.05, 0) is 25.0 Å². The minimum Gasteiger partial charge on any atom is -0.495 e. The summed E-state index contributed by atoms with van der Waals surface area (Å²) < 4.78 is 10.3. The van der Waals surface area contributed by atoms with E-state index in [1.807, 2.05) is 0 Å². The first-order chi connectivity index (χ1) is 10.7. The van der Waals surface area contributed by atoms with E-state index in [4.69, 9.17) is 9.15 Å². The van der Waals surface area contributed by atoms with Crippen molar-refractivity contribution in [2.75, 3.05) is 17.7 Å². The van der Waals surface area contributed by atoms with Crippen molar-refractivity contribution < 1.29 is 18.7 Å². The van der Waals surface area contributed by atoms with Gasteiger partial charge in [0.2, 0.25) is 5.91 Å². The molecule has 0 aliphatic heterocycles. The van der Waals surface area contributed by atoms with Crippen LogP contribution in [0.4, 0.5) is 11.7 Å². The molecule has 7 nitrogen and oxygen atoms in total. The fourth-order valence-corrected chi connectivity index (χ4v) is 1.92. The number of anilines is 2. The van der Waals surface area contributed by atoms with E-state index in [0.29, 0.717) is 11.4 Å². The first kappa shape index (κ1) is 14.1. The fourth-order valence-electron chi connectivity index (χ4n) is 1.92. The van der Waals surface area contributed by atoms with Gasteiger partial charge in [-0.15, -0.1) is 0 Å². The quantitative estimate of drug-likeness (QED) is 0.883. The number of carbonyl (C=O) groups is 2. The van der Waals surface area contributed by atoms with Gasteiger partial charge in [0.05, 0.1) is 12.8 Å². The lowest BCUT2D eigenvalue weighted by molar-refractivity contribution is -0.117. The zero-order chi connectivity index (χ0) is 15.5. The maximum absolute atomic E-state index is 12.1. The van der Waals surface area contributed by atoms with Gasteiger partial charge in [-0.3, -0.25) is 14.9 Å². The molecule has 0 spiro atoms. The van der Waals surface area contributed by atoms with Gasteiger partial charge >= 0.3 is 6.01 Å². The van der Waals surface area contributed by atoms with E-state index >= 15 is 0 Å². The number of methoxy groups -OCH3 is 1. The number of ether oxygens (including phenoxy) is 1. The summed E-state index contributed by atoms with van der Waals surface area (Å²) in [5, 5.41) is 5.22. The lowest BCUT2D eigenvalue weighted by Crippen LogP contribution is -2.15. The number of rotatable bonds is 5. The lowest BCUT2D eigenvalue weighted by Gasteiger charge is -2.08. The minimum absolute atomic E-state index is 0.0297. The molecule has 1 saturated carbocycles. The van der Waals surface area contributed by atoms with Gasteiger partial charge in [0.15, 0.2) is 5.69 Å². The molecule has 2 amide bonds. The van der Waals surface area contributed by atoms with Crippen molar-refractivity contribution in [3.05, 3.63) is 36.2 Å². The monoisotopic (exact) mass is 301 g/mol. The SMILES string of the molecule is COc1ccccc1NC(=O)c1coc(NC(=O)C2CC2)n1. The van der Waals surface area contributed by atoms with Crippen molar-refractivity contribution in [1.82, 2.24) is 4.98 Å².